The second-order valence-corrected chi connectivity index (χ2v) is 6.39. The maximum atomic E-state index is 13.0. The van der Waals surface area contributed by atoms with Crippen molar-refractivity contribution >= 4 is 18.3 Å². The number of amides is 1. The zero-order valence-electron chi connectivity index (χ0n) is 16.9. The minimum absolute atomic E-state index is 0. The van der Waals surface area contributed by atoms with Crippen LogP contribution in [0.25, 0.3) is 0 Å². The molecule has 1 saturated heterocycles. The summed E-state index contributed by atoms with van der Waals surface area (Å²) >= 11 is 0. The standard InChI is InChI=1S/C20H32N2O4.ClH/c1-5-24-17-12-16(13-18(25-6-2)19(17)26-7-3)20(23)22-10-8-15(9-11-22)14-21-4;/h12-13,15,21H,5-11,14H2,1-4H3;1H. The number of rotatable bonds is 9. The summed E-state index contributed by atoms with van der Waals surface area (Å²) in [5, 5.41) is 3.22. The molecule has 1 aromatic carbocycles. The molecule has 1 heterocycles. The summed E-state index contributed by atoms with van der Waals surface area (Å²) in [7, 11) is 1.97. The zero-order valence-corrected chi connectivity index (χ0v) is 17.7. The third kappa shape index (κ3) is 6.18. The van der Waals surface area contributed by atoms with Gasteiger partial charge in [-0.2, -0.15) is 0 Å². The Morgan fingerprint density at radius 1 is 1.04 bits per heavy atom. The van der Waals surface area contributed by atoms with Gasteiger partial charge in [-0.05, 0) is 65.3 Å². The summed E-state index contributed by atoms with van der Waals surface area (Å²) in [5.41, 5.74) is 0.590. The predicted molar refractivity (Wildman–Crippen MR) is 110 cm³/mol. The molecule has 1 aromatic rings. The van der Waals surface area contributed by atoms with Crippen LogP contribution in [0, 0.1) is 5.92 Å². The van der Waals surface area contributed by atoms with E-state index in [2.05, 4.69) is 5.32 Å². The third-order valence-electron chi connectivity index (χ3n) is 4.55. The number of likely N-dealkylation sites (tertiary alicyclic amines) is 1. The minimum Gasteiger partial charge on any atom is -0.490 e. The summed E-state index contributed by atoms with van der Waals surface area (Å²) in [5.74, 6) is 2.36. The molecule has 1 N–H and O–H groups in total. The number of ether oxygens (including phenoxy) is 3. The lowest BCUT2D eigenvalue weighted by Crippen LogP contribution is -2.40. The van der Waals surface area contributed by atoms with Gasteiger partial charge in [0.15, 0.2) is 11.5 Å². The number of hydrogen-bond acceptors (Lipinski definition) is 5. The van der Waals surface area contributed by atoms with Crippen LogP contribution in [0.15, 0.2) is 12.1 Å². The van der Waals surface area contributed by atoms with Gasteiger partial charge >= 0.3 is 0 Å². The number of nitrogens with one attached hydrogen (secondary N) is 1. The molecule has 0 atom stereocenters. The van der Waals surface area contributed by atoms with Crippen molar-refractivity contribution in [1.29, 1.82) is 0 Å². The van der Waals surface area contributed by atoms with Crippen LogP contribution in [0.4, 0.5) is 0 Å². The molecule has 0 bridgehead atoms. The molecule has 0 saturated carbocycles. The highest BCUT2D eigenvalue weighted by molar-refractivity contribution is 5.95. The molecule has 27 heavy (non-hydrogen) atoms. The van der Waals surface area contributed by atoms with Gasteiger partial charge in [0.05, 0.1) is 19.8 Å². The van der Waals surface area contributed by atoms with Crippen LogP contribution >= 0.6 is 12.4 Å². The monoisotopic (exact) mass is 400 g/mol. The molecule has 0 radical (unpaired) electrons. The average molecular weight is 401 g/mol. The highest BCUT2D eigenvalue weighted by atomic mass is 35.5. The molecule has 1 aliphatic rings. The lowest BCUT2D eigenvalue weighted by molar-refractivity contribution is 0.0689. The molecule has 0 aliphatic carbocycles. The van der Waals surface area contributed by atoms with E-state index in [4.69, 9.17) is 14.2 Å². The smallest absolute Gasteiger partial charge is 0.254 e. The third-order valence-corrected chi connectivity index (χ3v) is 4.55. The van der Waals surface area contributed by atoms with E-state index in [1.807, 2.05) is 32.7 Å². The second-order valence-electron chi connectivity index (χ2n) is 6.39. The van der Waals surface area contributed by atoms with Crippen molar-refractivity contribution in [2.45, 2.75) is 33.6 Å². The van der Waals surface area contributed by atoms with Crippen molar-refractivity contribution in [2.24, 2.45) is 5.92 Å². The number of carbonyl (C=O) groups excluding carboxylic acids is 1. The first-order chi connectivity index (χ1) is 12.6. The van der Waals surface area contributed by atoms with Gasteiger partial charge in [-0.1, -0.05) is 0 Å². The minimum atomic E-state index is 0. The van der Waals surface area contributed by atoms with Crippen molar-refractivity contribution in [3.05, 3.63) is 17.7 Å². The molecule has 1 aliphatic heterocycles. The number of halogens is 1. The lowest BCUT2D eigenvalue weighted by atomic mass is 9.96. The van der Waals surface area contributed by atoms with E-state index in [0.29, 0.717) is 48.6 Å². The largest absolute Gasteiger partial charge is 0.490 e. The molecule has 1 fully saturated rings. The first kappa shape index (κ1) is 23.4. The van der Waals surface area contributed by atoms with Crippen molar-refractivity contribution in [1.82, 2.24) is 10.2 Å². The fourth-order valence-electron chi connectivity index (χ4n) is 3.32. The fourth-order valence-corrected chi connectivity index (χ4v) is 3.32. The Balaban J connectivity index is 0.00000364. The van der Waals surface area contributed by atoms with Gasteiger partial charge in [0.1, 0.15) is 0 Å². The van der Waals surface area contributed by atoms with Crippen LogP contribution in [0.2, 0.25) is 0 Å². The van der Waals surface area contributed by atoms with Gasteiger partial charge in [0.2, 0.25) is 5.75 Å². The van der Waals surface area contributed by atoms with Crippen LogP contribution in [0.3, 0.4) is 0 Å². The molecule has 0 spiro atoms. The Kier molecular flexibility index (Phi) is 10.3. The van der Waals surface area contributed by atoms with Crippen molar-refractivity contribution < 1.29 is 19.0 Å². The number of hydrogen-bond donors (Lipinski definition) is 1. The van der Waals surface area contributed by atoms with E-state index >= 15 is 0 Å². The summed E-state index contributed by atoms with van der Waals surface area (Å²) in [6.07, 6.45) is 2.06. The van der Waals surface area contributed by atoms with Gasteiger partial charge < -0.3 is 24.4 Å². The molecular weight excluding hydrogens is 368 g/mol. The SMILES string of the molecule is CCOc1cc(C(=O)N2CCC(CNC)CC2)cc(OCC)c1OCC.Cl. The molecule has 154 valence electrons. The summed E-state index contributed by atoms with van der Waals surface area (Å²) in [4.78, 5) is 14.9. The van der Waals surface area contributed by atoms with Crippen LogP contribution in [0.5, 0.6) is 17.2 Å². The molecule has 2 rings (SSSR count). The normalized spacial score (nSPS) is 14.4. The van der Waals surface area contributed by atoms with Crippen LogP contribution in [-0.4, -0.2) is 57.3 Å². The first-order valence-corrected chi connectivity index (χ1v) is 9.64. The van der Waals surface area contributed by atoms with E-state index < -0.39 is 0 Å². The highest BCUT2D eigenvalue weighted by Crippen LogP contribution is 2.39. The lowest BCUT2D eigenvalue weighted by Gasteiger charge is -2.32. The van der Waals surface area contributed by atoms with Crippen LogP contribution in [0.1, 0.15) is 44.0 Å². The molecule has 7 heteroatoms. The van der Waals surface area contributed by atoms with E-state index in [-0.39, 0.29) is 18.3 Å². The van der Waals surface area contributed by atoms with E-state index in [0.717, 1.165) is 32.5 Å². The van der Waals surface area contributed by atoms with Gasteiger partial charge in [0.25, 0.3) is 5.91 Å². The Morgan fingerprint density at radius 2 is 1.56 bits per heavy atom. The van der Waals surface area contributed by atoms with Gasteiger partial charge in [-0.25, -0.2) is 0 Å². The molecule has 1 amide bonds. The van der Waals surface area contributed by atoms with Crippen LogP contribution < -0.4 is 19.5 Å². The summed E-state index contributed by atoms with van der Waals surface area (Å²) in [6.45, 7) is 9.82. The van der Waals surface area contributed by atoms with Crippen molar-refractivity contribution in [2.75, 3.05) is 46.5 Å². The van der Waals surface area contributed by atoms with Crippen molar-refractivity contribution in [3.8, 4) is 17.2 Å². The number of nitrogens with zero attached hydrogens (tertiary/aromatic N) is 1. The topological polar surface area (TPSA) is 60.0 Å². The Hall–Kier alpha value is -1.66. The second kappa shape index (κ2) is 11.9. The van der Waals surface area contributed by atoms with Crippen LogP contribution in [-0.2, 0) is 0 Å². The summed E-state index contributed by atoms with van der Waals surface area (Å²) in [6, 6.07) is 3.55. The van der Waals surface area contributed by atoms with E-state index in [1.165, 1.54) is 0 Å². The zero-order chi connectivity index (χ0) is 18.9. The molecule has 6 nitrogen and oxygen atoms in total. The summed E-state index contributed by atoms with van der Waals surface area (Å²) < 4.78 is 17.2. The van der Waals surface area contributed by atoms with Crippen molar-refractivity contribution in [3.63, 3.8) is 0 Å². The Morgan fingerprint density at radius 3 is 2.00 bits per heavy atom. The number of carbonyl (C=O) groups is 1. The maximum absolute atomic E-state index is 13.0. The first-order valence-electron chi connectivity index (χ1n) is 9.64. The molecule has 0 aromatic heterocycles. The van der Waals surface area contributed by atoms with E-state index in [1.54, 1.807) is 12.1 Å². The Bertz CT molecular complexity index is 562. The Labute approximate surface area is 168 Å². The molecule has 0 unspecified atom stereocenters. The van der Waals surface area contributed by atoms with Gasteiger partial charge in [-0.3, -0.25) is 4.79 Å². The number of piperidine rings is 1. The highest BCUT2D eigenvalue weighted by Gasteiger charge is 2.25. The van der Waals surface area contributed by atoms with Gasteiger partial charge in [0, 0.05) is 18.7 Å². The van der Waals surface area contributed by atoms with E-state index in [9.17, 15) is 4.79 Å². The maximum Gasteiger partial charge on any atom is 0.254 e. The fraction of sp³-hybridized carbons (Fsp3) is 0.650. The average Bonchev–Trinajstić information content (AvgIpc) is 2.65. The van der Waals surface area contributed by atoms with Gasteiger partial charge in [-0.15, -0.1) is 12.4 Å². The quantitative estimate of drug-likeness (QED) is 0.688. The molecular formula is C20H33ClN2O4. The number of benzene rings is 1. The predicted octanol–water partition coefficient (Wildman–Crippen LogP) is 3.38.